The number of rotatable bonds is 4. The number of nitrogens with one attached hydrogen (secondary N) is 2. The molecule has 100 valence electrons. The summed E-state index contributed by atoms with van der Waals surface area (Å²) in [6.45, 7) is 3.85. The van der Waals surface area contributed by atoms with Crippen LogP contribution in [0.25, 0.3) is 0 Å². The van der Waals surface area contributed by atoms with Crippen molar-refractivity contribution >= 4 is 40.0 Å². The van der Waals surface area contributed by atoms with E-state index in [1.165, 1.54) is 17.3 Å². The lowest BCUT2D eigenvalue weighted by molar-refractivity contribution is 0.0945. The highest BCUT2D eigenvalue weighted by atomic mass is 32.2. The highest BCUT2D eigenvalue weighted by Crippen LogP contribution is 2.30. The molecule has 5 nitrogen and oxygen atoms in total. The minimum absolute atomic E-state index is 0.0895. The van der Waals surface area contributed by atoms with Gasteiger partial charge in [-0.2, -0.15) is 16.1 Å². The number of hydrogen-bond acceptors (Lipinski definition) is 6. The standard InChI is InChI=1S/C11H18N4OS2/c1-6(2)13-10(16)8-9(12)15-18-11(8)14-7-3-4-17-5-7/h6-7,14H,3-5H2,1-2H3,(H2,12,15)(H,13,16). The lowest BCUT2D eigenvalue weighted by atomic mass is 10.2. The highest BCUT2D eigenvalue weighted by Gasteiger charge is 2.23. The SMILES string of the molecule is CC(C)NC(=O)c1c(N)nsc1NC1CCSC1. The van der Waals surface area contributed by atoms with Crippen molar-refractivity contribution in [3.8, 4) is 0 Å². The molecule has 0 spiro atoms. The summed E-state index contributed by atoms with van der Waals surface area (Å²) in [7, 11) is 0. The minimum atomic E-state index is -0.149. The van der Waals surface area contributed by atoms with E-state index < -0.39 is 0 Å². The average molecular weight is 286 g/mol. The van der Waals surface area contributed by atoms with E-state index in [2.05, 4.69) is 15.0 Å². The van der Waals surface area contributed by atoms with E-state index in [1.54, 1.807) is 0 Å². The summed E-state index contributed by atoms with van der Waals surface area (Å²) < 4.78 is 4.08. The predicted octanol–water partition coefficient (Wildman–Crippen LogP) is 1.78. The predicted molar refractivity (Wildman–Crippen MR) is 78.5 cm³/mol. The first-order valence-corrected chi connectivity index (χ1v) is 7.91. The van der Waals surface area contributed by atoms with Gasteiger partial charge in [-0.15, -0.1) is 0 Å². The number of hydrogen-bond donors (Lipinski definition) is 3. The topological polar surface area (TPSA) is 80.0 Å². The molecule has 1 unspecified atom stereocenters. The van der Waals surface area contributed by atoms with Gasteiger partial charge in [0.1, 0.15) is 10.6 Å². The third kappa shape index (κ3) is 3.08. The number of amides is 1. The van der Waals surface area contributed by atoms with Gasteiger partial charge in [-0.05, 0) is 37.6 Å². The van der Waals surface area contributed by atoms with Crippen LogP contribution in [0, 0.1) is 0 Å². The van der Waals surface area contributed by atoms with Crippen molar-refractivity contribution in [2.24, 2.45) is 0 Å². The highest BCUT2D eigenvalue weighted by molar-refractivity contribution is 7.99. The van der Waals surface area contributed by atoms with Gasteiger partial charge in [0.2, 0.25) is 0 Å². The van der Waals surface area contributed by atoms with Gasteiger partial charge >= 0.3 is 0 Å². The maximum Gasteiger partial charge on any atom is 0.258 e. The molecule has 2 rings (SSSR count). The van der Waals surface area contributed by atoms with Crippen LogP contribution >= 0.6 is 23.3 Å². The molecule has 1 aliphatic rings. The first-order valence-electron chi connectivity index (χ1n) is 5.98. The first-order chi connectivity index (χ1) is 8.58. The first kappa shape index (κ1) is 13.5. The van der Waals surface area contributed by atoms with Gasteiger partial charge in [-0.3, -0.25) is 4.79 Å². The third-order valence-corrected chi connectivity index (χ3v) is 4.59. The van der Waals surface area contributed by atoms with Gasteiger partial charge in [-0.1, -0.05) is 0 Å². The van der Waals surface area contributed by atoms with E-state index in [4.69, 9.17) is 5.73 Å². The van der Waals surface area contributed by atoms with E-state index in [0.29, 0.717) is 17.4 Å². The van der Waals surface area contributed by atoms with Crippen LogP contribution in [0.5, 0.6) is 0 Å². The Labute approximate surface area is 115 Å². The van der Waals surface area contributed by atoms with Crippen LogP contribution in [0.2, 0.25) is 0 Å². The fraction of sp³-hybridized carbons (Fsp3) is 0.636. The van der Waals surface area contributed by atoms with E-state index in [-0.39, 0.29) is 11.9 Å². The summed E-state index contributed by atoms with van der Waals surface area (Å²) in [4.78, 5) is 12.1. The lowest BCUT2D eigenvalue weighted by Crippen LogP contribution is -2.31. The van der Waals surface area contributed by atoms with Crippen LogP contribution in [-0.2, 0) is 0 Å². The number of nitrogen functional groups attached to an aromatic ring is 1. The summed E-state index contributed by atoms with van der Waals surface area (Å²) in [6, 6.07) is 0.507. The van der Waals surface area contributed by atoms with Crippen LogP contribution in [0.4, 0.5) is 10.8 Å². The number of carbonyl (C=O) groups is 1. The van der Waals surface area contributed by atoms with Crippen molar-refractivity contribution in [2.75, 3.05) is 22.6 Å². The maximum atomic E-state index is 12.1. The molecule has 18 heavy (non-hydrogen) atoms. The Bertz CT molecular complexity index is 427. The van der Waals surface area contributed by atoms with Crippen LogP contribution in [-0.4, -0.2) is 33.9 Å². The fourth-order valence-electron chi connectivity index (χ4n) is 1.79. The quantitative estimate of drug-likeness (QED) is 0.786. The number of nitrogens with two attached hydrogens (primary N) is 1. The van der Waals surface area contributed by atoms with Crippen LogP contribution in [0.15, 0.2) is 0 Å². The van der Waals surface area contributed by atoms with Crippen LogP contribution in [0.1, 0.15) is 30.6 Å². The summed E-state index contributed by atoms with van der Waals surface area (Å²) in [6.07, 6.45) is 1.12. The molecule has 0 radical (unpaired) electrons. The Hall–Kier alpha value is -0.950. The van der Waals surface area contributed by atoms with E-state index >= 15 is 0 Å². The van der Waals surface area contributed by atoms with Gasteiger partial charge in [0.15, 0.2) is 5.82 Å². The molecule has 0 aromatic carbocycles. The monoisotopic (exact) mass is 286 g/mol. The molecule has 0 saturated carbocycles. The van der Waals surface area contributed by atoms with E-state index in [9.17, 15) is 4.79 Å². The van der Waals surface area contributed by atoms with Crippen molar-refractivity contribution in [1.82, 2.24) is 9.69 Å². The molecule has 1 fully saturated rings. The maximum absolute atomic E-state index is 12.1. The molecule has 1 aliphatic heterocycles. The smallest absolute Gasteiger partial charge is 0.258 e. The van der Waals surface area contributed by atoms with Crippen molar-refractivity contribution in [1.29, 1.82) is 0 Å². The summed E-state index contributed by atoms with van der Waals surface area (Å²) in [5.74, 6) is 2.40. The molecule has 2 heterocycles. The van der Waals surface area contributed by atoms with E-state index in [0.717, 1.165) is 17.2 Å². The zero-order valence-electron chi connectivity index (χ0n) is 10.5. The van der Waals surface area contributed by atoms with Crippen LogP contribution in [0.3, 0.4) is 0 Å². The Balaban J connectivity index is 2.12. The van der Waals surface area contributed by atoms with Crippen molar-refractivity contribution in [3.05, 3.63) is 5.56 Å². The lowest BCUT2D eigenvalue weighted by Gasteiger charge is -2.13. The molecule has 1 saturated heterocycles. The number of aromatic nitrogens is 1. The van der Waals surface area contributed by atoms with E-state index in [1.807, 2.05) is 25.6 Å². The molecule has 1 amide bonds. The van der Waals surface area contributed by atoms with Gasteiger partial charge in [-0.25, -0.2) is 0 Å². The second-order valence-corrected chi connectivity index (χ2v) is 6.53. The Morgan fingerprint density at radius 3 is 2.94 bits per heavy atom. The van der Waals surface area contributed by atoms with Crippen molar-refractivity contribution < 1.29 is 4.79 Å². The third-order valence-electron chi connectivity index (χ3n) is 2.63. The Morgan fingerprint density at radius 2 is 2.33 bits per heavy atom. The molecule has 1 atom stereocenters. The largest absolute Gasteiger partial charge is 0.382 e. The van der Waals surface area contributed by atoms with Gasteiger partial charge in [0, 0.05) is 17.8 Å². The zero-order valence-corrected chi connectivity index (χ0v) is 12.2. The molecule has 0 aliphatic carbocycles. The van der Waals surface area contributed by atoms with Crippen LogP contribution < -0.4 is 16.4 Å². The number of carbonyl (C=O) groups excluding carboxylic acids is 1. The average Bonchev–Trinajstić information content (AvgIpc) is 2.88. The minimum Gasteiger partial charge on any atom is -0.382 e. The number of thioether (sulfide) groups is 1. The molecule has 4 N–H and O–H groups in total. The molecule has 1 aromatic heterocycles. The molecular weight excluding hydrogens is 268 g/mol. The van der Waals surface area contributed by atoms with Gasteiger partial charge in [0.05, 0.1) is 0 Å². The number of anilines is 2. The molecular formula is C11H18N4OS2. The normalized spacial score (nSPS) is 19.2. The molecule has 0 bridgehead atoms. The zero-order chi connectivity index (χ0) is 13.1. The van der Waals surface area contributed by atoms with Crippen molar-refractivity contribution in [3.63, 3.8) is 0 Å². The molecule has 1 aromatic rings. The summed E-state index contributed by atoms with van der Waals surface area (Å²) >= 11 is 3.19. The summed E-state index contributed by atoms with van der Waals surface area (Å²) in [5, 5.41) is 7.02. The molecule has 7 heteroatoms. The Kier molecular flexibility index (Phi) is 4.34. The second kappa shape index (κ2) is 5.79. The fourth-order valence-corrected chi connectivity index (χ4v) is 3.73. The van der Waals surface area contributed by atoms with Crippen molar-refractivity contribution in [2.45, 2.75) is 32.4 Å². The summed E-state index contributed by atoms with van der Waals surface area (Å²) in [5.41, 5.74) is 6.28. The Morgan fingerprint density at radius 1 is 1.56 bits per heavy atom. The van der Waals surface area contributed by atoms with Gasteiger partial charge in [0.25, 0.3) is 5.91 Å². The second-order valence-electron chi connectivity index (χ2n) is 4.60. The van der Waals surface area contributed by atoms with Gasteiger partial charge < -0.3 is 16.4 Å². The number of nitrogens with zero attached hydrogens (tertiary/aromatic N) is 1.